The summed E-state index contributed by atoms with van der Waals surface area (Å²) in [6.45, 7) is 6.20. The maximum absolute atomic E-state index is 12.8. The number of H-pyrrole nitrogens is 1. The summed E-state index contributed by atoms with van der Waals surface area (Å²) in [7, 11) is 0. The van der Waals surface area contributed by atoms with Crippen molar-refractivity contribution in [3.05, 3.63) is 81.5 Å². The fourth-order valence-corrected chi connectivity index (χ4v) is 5.64. The van der Waals surface area contributed by atoms with Gasteiger partial charge in [0.1, 0.15) is 4.70 Å². The SMILES string of the molecule is Cc1cccc(-c2csc3c(=O)[nH]c(N4CCC(C(=O)NC[C@@H](C)c5ccccc5)CC4)nc23)c1. The van der Waals surface area contributed by atoms with Crippen LogP contribution in [0, 0.1) is 12.8 Å². The first-order valence-corrected chi connectivity index (χ1v) is 13.0. The number of aryl methyl sites for hydroxylation is 1. The monoisotopic (exact) mass is 486 g/mol. The highest BCUT2D eigenvalue weighted by Crippen LogP contribution is 2.32. The van der Waals surface area contributed by atoms with Gasteiger partial charge in [0, 0.05) is 36.5 Å². The first-order chi connectivity index (χ1) is 17.0. The van der Waals surface area contributed by atoms with Crippen LogP contribution < -0.4 is 15.8 Å². The Balaban J connectivity index is 1.25. The van der Waals surface area contributed by atoms with Crippen molar-refractivity contribution in [2.75, 3.05) is 24.5 Å². The van der Waals surface area contributed by atoms with Crippen LogP contribution in [-0.4, -0.2) is 35.5 Å². The van der Waals surface area contributed by atoms with Crippen molar-refractivity contribution < 1.29 is 4.79 Å². The van der Waals surface area contributed by atoms with Crippen molar-refractivity contribution in [1.82, 2.24) is 15.3 Å². The minimum Gasteiger partial charge on any atom is -0.355 e. The number of aromatic nitrogens is 2. The highest BCUT2D eigenvalue weighted by Gasteiger charge is 2.27. The molecule has 1 aliphatic heterocycles. The van der Waals surface area contributed by atoms with Crippen LogP contribution in [0.3, 0.4) is 0 Å². The van der Waals surface area contributed by atoms with E-state index >= 15 is 0 Å². The number of fused-ring (bicyclic) bond motifs is 1. The van der Waals surface area contributed by atoms with E-state index in [2.05, 4.69) is 59.4 Å². The molecule has 0 radical (unpaired) electrons. The zero-order valence-corrected chi connectivity index (χ0v) is 20.9. The van der Waals surface area contributed by atoms with Crippen LogP contribution in [0.25, 0.3) is 21.3 Å². The summed E-state index contributed by atoms with van der Waals surface area (Å²) in [5, 5.41) is 5.15. The number of anilines is 1. The van der Waals surface area contributed by atoms with Crippen molar-refractivity contribution in [1.29, 1.82) is 0 Å². The van der Waals surface area contributed by atoms with Gasteiger partial charge in [-0.05, 0) is 36.8 Å². The van der Waals surface area contributed by atoms with E-state index in [1.165, 1.54) is 22.5 Å². The van der Waals surface area contributed by atoms with E-state index in [0.717, 1.165) is 29.5 Å². The third kappa shape index (κ3) is 5.00. The van der Waals surface area contributed by atoms with Crippen molar-refractivity contribution >= 4 is 33.4 Å². The summed E-state index contributed by atoms with van der Waals surface area (Å²) in [6.07, 6.45) is 1.48. The Hall–Kier alpha value is -3.45. The number of hydrogen-bond donors (Lipinski definition) is 2. The average Bonchev–Trinajstić information content (AvgIpc) is 3.32. The molecule has 0 bridgehead atoms. The zero-order chi connectivity index (χ0) is 24.4. The topological polar surface area (TPSA) is 78.1 Å². The van der Waals surface area contributed by atoms with Crippen LogP contribution in [0.1, 0.15) is 36.8 Å². The lowest BCUT2D eigenvalue weighted by Gasteiger charge is -2.31. The molecule has 1 aliphatic rings. The van der Waals surface area contributed by atoms with Crippen molar-refractivity contribution in [3.8, 4) is 11.1 Å². The molecule has 0 spiro atoms. The standard InChI is InChI=1S/C28H30N4O2S/c1-18-7-6-10-22(15-18)23-17-35-25-24(23)30-28(31-27(25)34)32-13-11-21(12-14-32)26(33)29-16-19(2)20-8-4-3-5-9-20/h3-10,15,17,19,21H,11-14,16H2,1-2H3,(H,29,33)(H,30,31,34)/t19-/m1/s1. The molecule has 180 valence electrons. The van der Waals surface area contributed by atoms with Crippen LogP contribution >= 0.6 is 11.3 Å². The van der Waals surface area contributed by atoms with Gasteiger partial charge < -0.3 is 10.2 Å². The molecule has 3 heterocycles. The van der Waals surface area contributed by atoms with Gasteiger partial charge in [-0.25, -0.2) is 4.98 Å². The number of aromatic amines is 1. The number of carbonyl (C=O) groups excluding carboxylic acids is 1. The summed E-state index contributed by atoms with van der Waals surface area (Å²) in [4.78, 5) is 35.5. The van der Waals surface area contributed by atoms with Crippen LogP contribution in [0.4, 0.5) is 5.95 Å². The number of rotatable bonds is 6. The Morgan fingerprint density at radius 3 is 2.69 bits per heavy atom. The molecule has 4 aromatic rings. The number of piperidine rings is 1. The van der Waals surface area contributed by atoms with E-state index < -0.39 is 0 Å². The van der Waals surface area contributed by atoms with Gasteiger partial charge in [0.2, 0.25) is 11.9 Å². The van der Waals surface area contributed by atoms with E-state index in [1.54, 1.807) is 0 Å². The van der Waals surface area contributed by atoms with Crippen LogP contribution in [0.5, 0.6) is 0 Å². The predicted octanol–water partition coefficient (Wildman–Crippen LogP) is 5.10. The van der Waals surface area contributed by atoms with E-state index in [9.17, 15) is 9.59 Å². The molecule has 6 nitrogen and oxygen atoms in total. The summed E-state index contributed by atoms with van der Waals surface area (Å²) < 4.78 is 0.645. The smallest absolute Gasteiger partial charge is 0.270 e. The number of benzene rings is 2. The first kappa shape index (κ1) is 23.3. The lowest BCUT2D eigenvalue weighted by atomic mass is 9.95. The lowest BCUT2D eigenvalue weighted by molar-refractivity contribution is -0.125. The maximum atomic E-state index is 12.8. The lowest BCUT2D eigenvalue weighted by Crippen LogP contribution is -2.42. The Labute approximate surface area is 209 Å². The van der Waals surface area contributed by atoms with Gasteiger partial charge in [0.15, 0.2) is 0 Å². The quantitative estimate of drug-likeness (QED) is 0.398. The molecule has 0 unspecified atom stereocenters. The fraction of sp³-hybridized carbons (Fsp3) is 0.321. The molecule has 2 N–H and O–H groups in total. The number of thiophene rings is 1. The Kier molecular flexibility index (Phi) is 6.68. The second kappa shape index (κ2) is 10.0. The van der Waals surface area contributed by atoms with Gasteiger partial charge in [0.25, 0.3) is 5.56 Å². The minimum absolute atomic E-state index is 0.0197. The summed E-state index contributed by atoms with van der Waals surface area (Å²) in [5.41, 5.74) is 5.10. The summed E-state index contributed by atoms with van der Waals surface area (Å²) in [5.74, 6) is 0.957. The predicted molar refractivity (Wildman–Crippen MR) is 143 cm³/mol. The highest BCUT2D eigenvalue weighted by molar-refractivity contribution is 7.17. The molecule has 2 aromatic carbocycles. The third-order valence-corrected chi connectivity index (χ3v) is 7.83. The van der Waals surface area contributed by atoms with Gasteiger partial charge in [-0.1, -0.05) is 67.1 Å². The molecule has 1 amide bonds. The van der Waals surface area contributed by atoms with Gasteiger partial charge in [0.05, 0.1) is 5.52 Å². The molecular weight excluding hydrogens is 456 g/mol. The maximum Gasteiger partial charge on any atom is 0.270 e. The molecule has 2 aromatic heterocycles. The molecule has 1 atom stereocenters. The molecule has 0 aliphatic carbocycles. The summed E-state index contributed by atoms with van der Waals surface area (Å²) >= 11 is 1.43. The second-order valence-corrected chi connectivity index (χ2v) is 10.3. The van der Waals surface area contributed by atoms with Gasteiger partial charge in [-0.2, -0.15) is 0 Å². The van der Waals surface area contributed by atoms with Crippen molar-refractivity contribution in [2.45, 2.75) is 32.6 Å². The Morgan fingerprint density at radius 1 is 1.17 bits per heavy atom. The molecule has 1 saturated heterocycles. The van der Waals surface area contributed by atoms with Crippen molar-refractivity contribution in [2.24, 2.45) is 5.92 Å². The second-order valence-electron chi connectivity index (χ2n) is 9.40. The number of amides is 1. The molecular formula is C28H30N4O2S. The van der Waals surface area contributed by atoms with E-state index in [0.29, 0.717) is 30.3 Å². The normalized spacial score (nSPS) is 15.3. The molecule has 7 heteroatoms. The molecule has 1 fully saturated rings. The fourth-order valence-electron chi connectivity index (χ4n) is 4.73. The van der Waals surface area contributed by atoms with Crippen LogP contribution in [-0.2, 0) is 4.79 Å². The van der Waals surface area contributed by atoms with Crippen LogP contribution in [0.15, 0.2) is 64.8 Å². The number of carbonyl (C=O) groups is 1. The van der Waals surface area contributed by atoms with Gasteiger partial charge >= 0.3 is 0 Å². The van der Waals surface area contributed by atoms with Crippen molar-refractivity contribution in [3.63, 3.8) is 0 Å². The van der Waals surface area contributed by atoms with E-state index in [-0.39, 0.29) is 23.3 Å². The van der Waals surface area contributed by atoms with Gasteiger partial charge in [-0.3, -0.25) is 14.6 Å². The Morgan fingerprint density at radius 2 is 1.94 bits per heavy atom. The molecule has 0 saturated carbocycles. The zero-order valence-electron chi connectivity index (χ0n) is 20.1. The largest absolute Gasteiger partial charge is 0.355 e. The van der Waals surface area contributed by atoms with E-state index in [1.807, 2.05) is 29.6 Å². The van der Waals surface area contributed by atoms with Gasteiger partial charge in [-0.15, -0.1) is 11.3 Å². The van der Waals surface area contributed by atoms with E-state index in [4.69, 9.17) is 4.98 Å². The summed E-state index contributed by atoms with van der Waals surface area (Å²) in [6, 6.07) is 18.5. The third-order valence-electron chi connectivity index (χ3n) is 6.86. The first-order valence-electron chi connectivity index (χ1n) is 12.2. The Bertz CT molecular complexity index is 1390. The highest BCUT2D eigenvalue weighted by atomic mass is 32.1. The minimum atomic E-state index is -0.108. The number of nitrogens with one attached hydrogen (secondary N) is 2. The van der Waals surface area contributed by atoms with Crippen LogP contribution in [0.2, 0.25) is 0 Å². The number of nitrogens with zero attached hydrogens (tertiary/aromatic N) is 2. The molecule has 5 rings (SSSR count). The molecule has 35 heavy (non-hydrogen) atoms. The number of hydrogen-bond acceptors (Lipinski definition) is 5. The average molecular weight is 487 g/mol.